The van der Waals surface area contributed by atoms with Crippen LogP contribution in [0.4, 0.5) is 0 Å². The molecule has 0 aliphatic heterocycles. The van der Waals surface area contributed by atoms with Gasteiger partial charge >= 0.3 is 5.97 Å². The smallest absolute Gasteiger partial charge is 0.338 e. The maximum Gasteiger partial charge on any atom is 0.338 e. The molecule has 0 radical (unpaired) electrons. The van der Waals surface area contributed by atoms with Gasteiger partial charge in [0.15, 0.2) is 0 Å². The molecule has 0 unspecified atom stereocenters. The highest BCUT2D eigenvalue weighted by molar-refractivity contribution is 5.89. The van der Waals surface area contributed by atoms with Crippen molar-refractivity contribution in [3.63, 3.8) is 0 Å². The fourth-order valence-electron chi connectivity index (χ4n) is 3.06. The number of ether oxygens (including phenoxy) is 1. The average Bonchev–Trinajstić information content (AvgIpc) is 2.33. The van der Waals surface area contributed by atoms with Crippen LogP contribution in [0.3, 0.4) is 0 Å². The molecule has 0 bridgehead atoms. The highest BCUT2D eigenvalue weighted by atomic mass is 16.6. The van der Waals surface area contributed by atoms with Gasteiger partial charge in [-0.2, -0.15) is 0 Å². The first kappa shape index (κ1) is 16.0. The second kappa shape index (κ2) is 5.45. The summed E-state index contributed by atoms with van der Waals surface area (Å²) >= 11 is 0. The third kappa shape index (κ3) is 4.07. The van der Waals surface area contributed by atoms with Gasteiger partial charge in [-0.25, -0.2) is 4.79 Å². The van der Waals surface area contributed by atoms with Gasteiger partial charge in [0.25, 0.3) is 0 Å². The predicted octanol–water partition coefficient (Wildman–Crippen LogP) is 4.08. The van der Waals surface area contributed by atoms with E-state index >= 15 is 0 Å². The van der Waals surface area contributed by atoms with Crippen molar-refractivity contribution in [2.75, 3.05) is 0 Å². The number of esters is 1. The van der Waals surface area contributed by atoms with E-state index in [2.05, 4.69) is 13.8 Å². The fourth-order valence-corrected chi connectivity index (χ4v) is 3.06. The summed E-state index contributed by atoms with van der Waals surface area (Å²) in [5, 5.41) is 0. The first-order chi connectivity index (χ1) is 9.57. The molecule has 21 heavy (non-hydrogen) atoms. The van der Waals surface area contributed by atoms with E-state index in [-0.39, 0.29) is 12.0 Å². The molecular formula is C18H27NO2. The number of carbonyl (C=O) groups is 1. The summed E-state index contributed by atoms with van der Waals surface area (Å²) in [5.41, 5.74) is 7.97. The summed E-state index contributed by atoms with van der Waals surface area (Å²) in [7, 11) is 0. The van der Waals surface area contributed by atoms with Gasteiger partial charge in [-0.05, 0) is 62.6 Å². The maximum atomic E-state index is 12.0. The van der Waals surface area contributed by atoms with Crippen molar-refractivity contribution in [1.82, 2.24) is 0 Å². The van der Waals surface area contributed by atoms with Crippen LogP contribution in [0.1, 0.15) is 69.4 Å². The monoisotopic (exact) mass is 289 g/mol. The van der Waals surface area contributed by atoms with E-state index in [1.54, 1.807) is 0 Å². The molecule has 1 saturated carbocycles. The average molecular weight is 289 g/mol. The van der Waals surface area contributed by atoms with Crippen LogP contribution >= 0.6 is 0 Å². The molecule has 0 heterocycles. The number of benzene rings is 1. The molecule has 116 valence electrons. The minimum atomic E-state index is -0.469. The van der Waals surface area contributed by atoms with E-state index in [0.29, 0.717) is 16.9 Å². The molecule has 1 aromatic carbocycles. The Labute approximate surface area is 127 Å². The number of hydrogen-bond acceptors (Lipinski definition) is 3. The Kier molecular flexibility index (Phi) is 4.16. The Morgan fingerprint density at radius 3 is 2.19 bits per heavy atom. The lowest BCUT2D eigenvalue weighted by Crippen LogP contribution is -2.38. The molecule has 0 aromatic heterocycles. The minimum Gasteiger partial charge on any atom is -0.456 e. The number of nitrogens with two attached hydrogens (primary N) is 1. The highest BCUT2D eigenvalue weighted by Gasteiger charge is 2.39. The number of carbonyl (C=O) groups excluding carboxylic acids is 1. The lowest BCUT2D eigenvalue weighted by atomic mass is 9.61. The Morgan fingerprint density at radius 2 is 1.76 bits per heavy atom. The lowest BCUT2D eigenvalue weighted by molar-refractivity contribution is 0.00695. The van der Waals surface area contributed by atoms with Gasteiger partial charge in [-0.3, -0.25) is 0 Å². The van der Waals surface area contributed by atoms with E-state index in [1.807, 2.05) is 45.0 Å². The zero-order chi connectivity index (χ0) is 15.8. The quantitative estimate of drug-likeness (QED) is 0.853. The van der Waals surface area contributed by atoms with Crippen molar-refractivity contribution in [2.45, 2.75) is 59.1 Å². The van der Waals surface area contributed by atoms with Crippen molar-refractivity contribution >= 4 is 5.97 Å². The molecule has 1 aliphatic carbocycles. The van der Waals surface area contributed by atoms with Crippen LogP contribution in [-0.4, -0.2) is 11.6 Å². The van der Waals surface area contributed by atoms with Crippen molar-refractivity contribution in [3.05, 3.63) is 35.4 Å². The maximum absolute atomic E-state index is 12.0. The highest BCUT2D eigenvalue weighted by Crippen LogP contribution is 2.49. The van der Waals surface area contributed by atoms with Crippen molar-refractivity contribution in [2.24, 2.45) is 17.1 Å². The molecule has 1 aromatic rings. The molecule has 1 fully saturated rings. The van der Waals surface area contributed by atoms with E-state index in [1.165, 1.54) is 12.8 Å². The zero-order valence-corrected chi connectivity index (χ0v) is 13.8. The third-order valence-electron chi connectivity index (χ3n) is 4.07. The van der Waals surface area contributed by atoms with E-state index < -0.39 is 5.60 Å². The molecule has 1 atom stereocenters. The van der Waals surface area contributed by atoms with E-state index in [0.717, 1.165) is 5.56 Å². The number of rotatable bonds is 3. The molecule has 3 nitrogen and oxygen atoms in total. The number of hydrogen-bond donors (Lipinski definition) is 1. The van der Waals surface area contributed by atoms with Gasteiger partial charge in [0, 0.05) is 6.04 Å². The summed E-state index contributed by atoms with van der Waals surface area (Å²) in [6, 6.07) is 7.59. The second-order valence-corrected chi connectivity index (χ2v) is 7.98. The molecule has 0 amide bonds. The van der Waals surface area contributed by atoms with Crippen LogP contribution in [0.5, 0.6) is 0 Å². The van der Waals surface area contributed by atoms with Gasteiger partial charge in [-0.15, -0.1) is 0 Å². The summed E-state index contributed by atoms with van der Waals surface area (Å²) in [6.07, 6.45) is 2.34. The van der Waals surface area contributed by atoms with Crippen LogP contribution in [0.15, 0.2) is 24.3 Å². The first-order valence-electron chi connectivity index (χ1n) is 7.66. The predicted molar refractivity (Wildman–Crippen MR) is 85.0 cm³/mol. The van der Waals surface area contributed by atoms with E-state index in [4.69, 9.17) is 10.5 Å². The van der Waals surface area contributed by atoms with Gasteiger partial charge in [0.1, 0.15) is 5.60 Å². The molecule has 2 rings (SSSR count). The Balaban J connectivity index is 2.01. The molecule has 1 aliphatic rings. The first-order valence-corrected chi connectivity index (χ1v) is 7.66. The van der Waals surface area contributed by atoms with Crippen LogP contribution in [-0.2, 0) is 4.74 Å². The van der Waals surface area contributed by atoms with Crippen LogP contribution in [0, 0.1) is 11.3 Å². The topological polar surface area (TPSA) is 52.3 Å². The van der Waals surface area contributed by atoms with Crippen LogP contribution in [0.2, 0.25) is 0 Å². The van der Waals surface area contributed by atoms with Gasteiger partial charge in [-0.1, -0.05) is 26.0 Å². The summed E-state index contributed by atoms with van der Waals surface area (Å²) in [6.45, 7) is 10.2. The Hall–Kier alpha value is -1.35. The van der Waals surface area contributed by atoms with Crippen molar-refractivity contribution < 1.29 is 9.53 Å². The zero-order valence-electron chi connectivity index (χ0n) is 13.8. The largest absolute Gasteiger partial charge is 0.456 e. The van der Waals surface area contributed by atoms with E-state index in [9.17, 15) is 4.79 Å². The molecular weight excluding hydrogens is 262 g/mol. The summed E-state index contributed by atoms with van der Waals surface area (Å²) in [4.78, 5) is 12.0. The van der Waals surface area contributed by atoms with Crippen molar-refractivity contribution in [3.8, 4) is 0 Å². The molecule has 0 saturated heterocycles. The Bertz CT molecular complexity index is 503. The third-order valence-corrected chi connectivity index (χ3v) is 4.07. The van der Waals surface area contributed by atoms with Crippen LogP contribution < -0.4 is 5.73 Å². The molecule has 3 heteroatoms. The van der Waals surface area contributed by atoms with Gasteiger partial charge < -0.3 is 10.5 Å². The van der Waals surface area contributed by atoms with Crippen molar-refractivity contribution in [1.29, 1.82) is 0 Å². The Morgan fingerprint density at radius 1 is 1.24 bits per heavy atom. The second-order valence-electron chi connectivity index (χ2n) is 7.98. The van der Waals surface area contributed by atoms with Gasteiger partial charge in [0.05, 0.1) is 5.56 Å². The lowest BCUT2D eigenvalue weighted by Gasteiger charge is -2.45. The summed E-state index contributed by atoms with van der Waals surface area (Å²) in [5.74, 6) is 0.264. The van der Waals surface area contributed by atoms with Crippen LogP contribution in [0.25, 0.3) is 0 Å². The molecule has 0 spiro atoms. The summed E-state index contributed by atoms with van der Waals surface area (Å²) < 4.78 is 5.36. The standard InChI is InChI=1S/C18H27NO2/c1-17(2,3)21-16(20)13-8-6-12(7-9-13)15(19)14-10-18(4,5)11-14/h6-9,14-15H,10-11,19H2,1-5H3/t15-/m0/s1. The molecule has 2 N–H and O–H groups in total. The normalized spacial score (nSPS) is 19.7. The SMILES string of the molecule is CC1(C)CC([C@@H](N)c2ccc(C(=O)OC(C)(C)C)cc2)C1. The fraction of sp³-hybridized carbons (Fsp3) is 0.611. The van der Waals surface area contributed by atoms with Gasteiger partial charge in [0.2, 0.25) is 0 Å². The minimum absolute atomic E-state index is 0.0608.